The molecular weight excluding hydrogens is 170 g/mol. The summed E-state index contributed by atoms with van der Waals surface area (Å²) in [6.07, 6.45) is 3.58. The van der Waals surface area contributed by atoms with Gasteiger partial charge in [-0.05, 0) is 33.0 Å². The molecule has 1 nitrogen and oxygen atoms in total. The number of allylic oxidation sites excluding steroid dienone is 2. The zero-order valence-corrected chi connectivity index (χ0v) is 8.73. The lowest BCUT2D eigenvalue weighted by Gasteiger charge is -2.24. The van der Waals surface area contributed by atoms with Crippen molar-refractivity contribution in [3.05, 3.63) is 36.2 Å². The molecule has 0 fully saturated rings. The Morgan fingerprint density at radius 2 is 2.00 bits per heavy atom. The first-order chi connectivity index (χ1) is 5.49. The van der Waals surface area contributed by atoms with E-state index in [1.165, 1.54) is 0 Å². The molecule has 0 aromatic carbocycles. The fourth-order valence-electron chi connectivity index (χ4n) is 0.964. The normalized spacial score (nSPS) is 11.6. The van der Waals surface area contributed by atoms with Crippen LogP contribution in [0.5, 0.6) is 0 Å². The van der Waals surface area contributed by atoms with Gasteiger partial charge in [-0.2, -0.15) is 0 Å². The second-order valence-electron chi connectivity index (χ2n) is 2.91. The van der Waals surface area contributed by atoms with Crippen molar-refractivity contribution in [2.75, 3.05) is 0 Å². The molecule has 0 rings (SSSR count). The molecule has 12 heavy (non-hydrogen) atoms. The van der Waals surface area contributed by atoms with E-state index < -0.39 is 0 Å². The van der Waals surface area contributed by atoms with E-state index in [0.717, 1.165) is 10.7 Å². The van der Waals surface area contributed by atoms with Gasteiger partial charge in [0.2, 0.25) is 0 Å². The Bertz CT molecular complexity index is 200. The van der Waals surface area contributed by atoms with E-state index in [-0.39, 0.29) is 0 Å². The van der Waals surface area contributed by atoms with Crippen LogP contribution in [0.4, 0.5) is 0 Å². The Labute approximate surface area is 80.0 Å². The second kappa shape index (κ2) is 5.04. The van der Waals surface area contributed by atoms with Gasteiger partial charge >= 0.3 is 0 Å². The molecule has 0 bridgehead atoms. The summed E-state index contributed by atoms with van der Waals surface area (Å²) in [6, 6.07) is 0.363. The Kier molecular flexibility index (Phi) is 4.75. The molecule has 0 saturated heterocycles. The first-order valence-corrected chi connectivity index (χ1v) is 4.30. The third kappa shape index (κ3) is 3.63. The zero-order valence-electron chi connectivity index (χ0n) is 7.97. The molecule has 0 unspecified atom stereocenters. The highest BCUT2D eigenvalue weighted by molar-refractivity contribution is 6.29. The van der Waals surface area contributed by atoms with Gasteiger partial charge in [-0.15, -0.1) is 0 Å². The average molecular weight is 186 g/mol. The van der Waals surface area contributed by atoms with Crippen LogP contribution in [0.15, 0.2) is 36.2 Å². The smallest absolute Gasteiger partial charge is 0.0346 e. The molecule has 2 heteroatoms. The molecule has 0 aliphatic rings. The Hall–Kier alpha value is -0.690. The maximum atomic E-state index is 5.72. The van der Waals surface area contributed by atoms with Gasteiger partial charge in [-0.1, -0.05) is 24.8 Å². The van der Waals surface area contributed by atoms with Crippen LogP contribution in [0.25, 0.3) is 0 Å². The highest BCUT2D eigenvalue weighted by atomic mass is 35.5. The van der Waals surface area contributed by atoms with Crippen LogP contribution in [-0.2, 0) is 0 Å². The Balaban J connectivity index is 4.43. The van der Waals surface area contributed by atoms with E-state index in [0.29, 0.717) is 6.04 Å². The SMILES string of the molecule is C=CN(C(=C)/C=C(\C)Cl)C(C)C. The van der Waals surface area contributed by atoms with E-state index in [4.69, 9.17) is 11.6 Å². The highest BCUT2D eigenvalue weighted by Gasteiger charge is 2.04. The number of hydrogen-bond donors (Lipinski definition) is 0. The number of hydrogen-bond acceptors (Lipinski definition) is 1. The molecule has 0 atom stereocenters. The molecule has 0 N–H and O–H groups in total. The van der Waals surface area contributed by atoms with Crippen LogP contribution in [0.1, 0.15) is 20.8 Å². The minimum absolute atomic E-state index is 0.363. The van der Waals surface area contributed by atoms with Gasteiger partial charge in [0, 0.05) is 16.8 Å². The van der Waals surface area contributed by atoms with Crippen molar-refractivity contribution in [3.8, 4) is 0 Å². The summed E-state index contributed by atoms with van der Waals surface area (Å²) in [5, 5.41) is 0.729. The summed E-state index contributed by atoms with van der Waals surface area (Å²) < 4.78 is 0. The second-order valence-corrected chi connectivity index (χ2v) is 3.50. The third-order valence-corrected chi connectivity index (χ3v) is 1.56. The van der Waals surface area contributed by atoms with Crippen LogP contribution in [0.3, 0.4) is 0 Å². The first kappa shape index (κ1) is 11.3. The topological polar surface area (TPSA) is 3.24 Å². The molecule has 68 valence electrons. The van der Waals surface area contributed by atoms with E-state index >= 15 is 0 Å². The fourth-order valence-corrected chi connectivity index (χ4v) is 1.09. The predicted octanol–water partition coefficient (Wildman–Crippen LogP) is 3.50. The van der Waals surface area contributed by atoms with Gasteiger partial charge in [0.25, 0.3) is 0 Å². The van der Waals surface area contributed by atoms with Gasteiger partial charge in [-0.3, -0.25) is 0 Å². The van der Waals surface area contributed by atoms with Crippen LogP contribution < -0.4 is 0 Å². The van der Waals surface area contributed by atoms with Crippen molar-refractivity contribution in [1.82, 2.24) is 4.90 Å². The summed E-state index contributed by atoms with van der Waals surface area (Å²) >= 11 is 5.72. The lowest BCUT2D eigenvalue weighted by molar-refractivity contribution is 0.397. The molecule has 0 spiro atoms. The third-order valence-electron chi connectivity index (χ3n) is 1.45. The Morgan fingerprint density at radius 3 is 2.25 bits per heavy atom. The predicted molar refractivity (Wildman–Crippen MR) is 55.9 cm³/mol. The lowest BCUT2D eigenvalue weighted by atomic mass is 10.3. The largest absolute Gasteiger partial charge is 0.347 e. The van der Waals surface area contributed by atoms with Crippen molar-refractivity contribution < 1.29 is 0 Å². The minimum Gasteiger partial charge on any atom is -0.347 e. The van der Waals surface area contributed by atoms with Crippen molar-refractivity contribution in [2.45, 2.75) is 26.8 Å². The zero-order chi connectivity index (χ0) is 9.72. The average Bonchev–Trinajstić information content (AvgIpc) is 1.85. The van der Waals surface area contributed by atoms with E-state index in [1.54, 1.807) is 6.20 Å². The van der Waals surface area contributed by atoms with Crippen LogP contribution >= 0.6 is 11.6 Å². The van der Waals surface area contributed by atoms with Gasteiger partial charge in [0.05, 0.1) is 0 Å². The molecule has 0 saturated carbocycles. The molecule has 0 aromatic rings. The maximum Gasteiger partial charge on any atom is 0.0346 e. The van der Waals surface area contributed by atoms with Gasteiger partial charge in [-0.25, -0.2) is 0 Å². The highest BCUT2D eigenvalue weighted by Crippen LogP contribution is 2.12. The molecule has 0 radical (unpaired) electrons. The summed E-state index contributed by atoms with van der Waals surface area (Å²) in [6.45, 7) is 13.6. The lowest BCUT2D eigenvalue weighted by Crippen LogP contribution is -2.22. The van der Waals surface area contributed by atoms with Crippen LogP contribution in [-0.4, -0.2) is 10.9 Å². The number of rotatable bonds is 4. The quantitative estimate of drug-likeness (QED) is 0.606. The molecule has 0 aromatic heterocycles. The first-order valence-electron chi connectivity index (χ1n) is 3.92. The molecule has 0 aliphatic heterocycles. The molecule has 0 aliphatic carbocycles. The van der Waals surface area contributed by atoms with E-state index in [9.17, 15) is 0 Å². The summed E-state index contributed by atoms with van der Waals surface area (Å²) in [5.41, 5.74) is 0.868. The monoisotopic (exact) mass is 185 g/mol. The van der Waals surface area contributed by atoms with Gasteiger partial charge in [0.1, 0.15) is 0 Å². The molecule has 0 amide bonds. The van der Waals surface area contributed by atoms with Crippen molar-refractivity contribution in [2.24, 2.45) is 0 Å². The fraction of sp³-hybridized carbons (Fsp3) is 0.400. The van der Waals surface area contributed by atoms with E-state index in [2.05, 4.69) is 27.0 Å². The summed E-state index contributed by atoms with van der Waals surface area (Å²) in [5.74, 6) is 0. The summed E-state index contributed by atoms with van der Waals surface area (Å²) in [4.78, 5) is 1.96. The molecular formula is C10H16ClN. The maximum absolute atomic E-state index is 5.72. The summed E-state index contributed by atoms with van der Waals surface area (Å²) in [7, 11) is 0. The van der Waals surface area contributed by atoms with Crippen LogP contribution in [0.2, 0.25) is 0 Å². The number of halogens is 1. The van der Waals surface area contributed by atoms with Crippen molar-refractivity contribution in [1.29, 1.82) is 0 Å². The van der Waals surface area contributed by atoms with Gasteiger partial charge < -0.3 is 4.90 Å². The van der Waals surface area contributed by atoms with Crippen LogP contribution in [0, 0.1) is 0 Å². The standard InChI is InChI=1S/C10H16ClN/c1-6-12(8(2)3)10(5)7-9(4)11/h6-8H,1,5H2,2-4H3/b9-7+. The minimum atomic E-state index is 0.363. The number of nitrogens with zero attached hydrogens (tertiary/aromatic N) is 1. The Morgan fingerprint density at radius 1 is 1.50 bits per heavy atom. The van der Waals surface area contributed by atoms with Crippen molar-refractivity contribution >= 4 is 11.6 Å². The van der Waals surface area contributed by atoms with E-state index in [1.807, 2.05) is 17.9 Å². The van der Waals surface area contributed by atoms with Gasteiger partial charge in [0.15, 0.2) is 0 Å². The molecule has 0 heterocycles. The van der Waals surface area contributed by atoms with Crippen molar-refractivity contribution in [3.63, 3.8) is 0 Å².